The number of carbonyl (C=O) groups excluding carboxylic acids is 2. The Balaban J connectivity index is 1.69. The van der Waals surface area contributed by atoms with Crippen LogP contribution < -0.4 is 16.2 Å². The number of hydrogen-bond donors (Lipinski definition) is 3. The van der Waals surface area contributed by atoms with Gasteiger partial charge in [0.25, 0.3) is 5.56 Å². The molecular formula is C17H18N4O4S2. The molecule has 3 amide bonds. The number of nitrogens with zero attached hydrogens (tertiary/aromatic N) is 1. The third kappa shape index (κ3) is 4.40. The number of amides is 3. The highest BCUT2D eigenvalue weighted by Gasteiger charge is 2.17. The largest absolute Gasteiger partial charge is 0.464 e. The van der Waals surface area contributed by atoms with E-state index in [4.69, 9.17) is 4.42 Å². The van der Waals surface area contributed by atoms with Gasteiger partial charge in [0.15, 0.2) is 0 Å². The molecule has 0 saturated heterocycles. The second kappa shape index (κ2) is 8.40. The van der Waals surface area contributed by atoms with E-state index in [1.165, 1.54) is 30.1 Å². The zero-order valence-electron chi connectivity index (χ0n) is 14.7. The van der Waals surface area contributed by atoms with E-state index in [0.717, 1.165) is 5.56 Å². The van der Waals surface area contributed by atoms with Crippen molar-refractivity contribution >= 4 is 45.3 Å². The Morgan fingerprint density at radius 2 is 2.26 bits per heavy atom. The normalized spacial score (nSPS) is 12.1. The molecule has 3 heterocycles. The number of thiophene rings is 1. The van der Waals surface area contributed by atoms with Crippen molar-refractivity contribution in [1.82, 2.24) is 20.6 Å². The number of thioether (sulfide) groups is 1. The van der Waals surface area contributed by atoms with Gasteiger partial charge in [-0.2, -0.15) is 11.8 Å². The lowest BCUT2D eigenvalue weighted by Gasteiger charge is -2.10. The van der Waals surface area contributed by atoms with Crippen molar-refractivity contribution in [2.75, 3.05) is 12.8 Å². The quantitative estimate of drug-likeness (QED) is 0.579. The van der Waals surface area contributed by atoms with Crippen LogP contribution in [0.1, 0.15) is 24.4 Å². The highest BCUT2D eigenvalue weighted by molar-refractivity contribution is 7.99. The lowest BCUT2D eigenvalue weighted by molar-refractivity contribution is -0.119. The summed E-state index contributed by atoms with van der Waals surface area (Å²) < 4.78 is 5.39. The Bertz CT molecular complexity index is 1010. The molecule has 0 saturated carbocycles. The second-order valence-corrected chi connectivity index (χ2v) is 7.96. The number of furan rings is 1. The molecule has 1 atom stereocenters. The molecule has 0 radical (unpaired) electrons. The van der Waals surface area contributed by atoms with Crippen molar-refractivity contribution < 1.29 is 14.0 Å². The van der Waals surface area contributed by atoms with Crippen LogP contribution >= 0.6 is 23.1 Å². The fourth-order valence-corrected chi connectivity index (χ4v) is 4.29. The summed E-state index contributed by atoms with van der Waals surface area (Å²) in [6.07, 6.45) is 1.75. The van der Waals surface area contributed by atoms with E-state index in [1.54, 1.807) is 18.4 Å². The molecule has 3 aromatic rings. The number of fused-ring (bicyclic) bond motifs is 1. The molecule has 1 unspecified atom stereocenters. The first-order valence-corrected chi connectivity index (χ1v) is 10.1. The molecule has 8 nitrogen and oxygen atoms in total. The summed E-state index contributed by atoms with van der Waals surface area (Å²) in [5, 5.41) is 6.80. The molecule has 0 fully saturated rings. The molecule has 0 aliphatic rings. The van der Waals surface area contributed by atoms with Crippen LogP contribution in [0.4, 0.5) is 4.79 Å². The summed E-state index contributed by atoms with van der Waals surface area (Å²) in [6.45, 7) is 1.91. The van der Waals surface area contributed by atoms with E-state index in [1.807, 2.05) is 12.3 Å². The number of urea groups is 1. The number of nitrogens with one attached hydrogen (secondary N) is 3. The van der Waals surface area contributed by atoms with E-state index in [-0.39, 0.29) is 23.1 Å². The van der Waals surface area contributed by atoms with E-state index < -0.39 is 6.03 Å². The summed E-state index contributed by atoms with van der Waals surface area (Å²) in [5.74, 6) is 1.32. The molecule has 3 rings (SSSR count). The van der Waals surface area contributed by atoms with Gasteiger partial charge in [0.05, 0.1) is 16.9 Å². The van der Waals surface area contributed by atoms with Gasteiger partial charge in [-0.3, -0.25) is 14.9 Å². The number of aromatic amines is 1. The highest BCUT2D eigenvalue weighted by atomic mass is 32.2. The lowest BCUT2D eigenvalue weighted by Crippen LogP contribution is -2.37. The van der Waals surface area contributed by atoms with Gasteiger partial charge in [-0.05, 0) is 19.1 Å². The fourth-order valence-electron chi connectivity index (χ4n) is 2.43. The summed E-state index contributed by atoms with van der Waals surface area (Å²) >= 11 is 2.86. The zero-order chi connectivity index (χ0) is 19.4. The van der Waals surface area contributed by atoms with E-state index >= 15 is 0 Å². The predicted molar refractivity (Wildman–Crippen MR) is 106 cm³/mol. The SMILES string of the molecule is CNC(=O)NC(=O)CCSC(C)c1nc2scc(-c3ccco3)c2c(=O)[nH]1. The molecule has 0 aromatic carbocycles. The van der Waals surface area contributed by atoms with Crippen LogP contribution in [-0.4, -0.2) is 34.7 Å². The Labute approximate surface area is 162 Å². The lowest BCUT2D eigenvalue weighted by atomic mass is 10.2. The summed E-state index contributed by atoms with van der Waals surface area (Å²) in [5.41, 5.74) is 0.513. The van der Waals surface area contributed by atoms with Crippen LogP contribution in [0.3, 0.4) is 0 Å². The van der Waals surface area contributed by atoms with Gasteiger partial charge < -0.3 is 14.7 Å². The Hall–Kier alpha value is -2.59. The van der Waals surface area contributed by atoms with Crippen molar-refractivity contribution in [3.63, 3.8) is 0 Å². The highest BCUT2D eigenvalue weighted by Crippen LogP contribution is 2.32. The Morgan fingerprint density at radius 3 is 2.96 bits per heavy atom. The van der Waals surface area contributed by atoms with Crippen molar-refractivity contribution in [2.24, 2.45) is 0 Å². The van der Waals surface area contributed by atoms with Gasteiger partial charge in [-0.1, -0.05) is 0 Å². The first kappa shape index (κ1) is 19.2. The molecular weight excluding hydrogens is 388 g/mol. The number of rotatable bonds is 6. The predicted octanol–water partition coefficient (Wildman–Crippen LogP) is 2.88. The third-order valence-corrected chi connectivity index (χ3v) is 5.85. The number of H-pyrrole nitrogens is 1. The Morgan fingerprint density at radius 1 is 1.44 bits per heavy atom. The summed E-state index contributed by atoms with van der Waals surface area (Å²) in [4.78, 5) is 43.3. The monoisotopic (exact) mass is 406 g/mol. The minimum Gasteiger partial charge on any atom is -0.464 e. The number of hydrogen-bond acceptors (Lipinski definition) is 7. The minimum absolute atomic E-state index is 0.107. The van der Waals surface area contributed by atoms with Gasteiger partial charge in [0.2, 0.25) is 5.91 Å². The molecule has 27 heavy (non-hydrogen) atoms. The maximum Gasteiger partial charge on any atom is 0.321 e. The average molecular weight is 406 g/mol. The first-order valence-electron chi connectivity index (χ1n) is 8.18. The van der Waals surface area contributed by atoms with Crippen molar-refractivity contribution in [1.29, 1.82) is 0 Å². The zero-order valence-corrected chi connectivity index (χ0v) is 16.3. The van der Waals surface area contributed by atoms with E-state index in [9.17, 15) is 14.4 Å². The number of carbonyl (C=O) groups is 2. The van der Waals surface area contributed by atoms with Crippen molar-refractivity contribution in [3.8, 4) is 11.3 Å². The number of imide groups is 1. The molecule has 0 aliphatic carbocycles. The summed E-state index contributed by atoms with van der Waals surface area (Å²) in [6, 6.07) is 3.05. The third-order valence-electron chi connectivity index (χ3n) is 3.81. The fraction of sp³-hybridized carbons (Fsp3) is 0.294. The van der Waals surface area contributed by atoms with E-state index in [2.05, 4.69) is 20.6 Å². The molecule has 3 aromatic heterocycles. The topological polar surface area (TPSA) is 117 Å². The first-order chi connectivity index (χ1) is 13.0. The van der Waals surface area contributed by atoms with Crippen LogP contribution in [0.2, 0.25) is 0 Å². The Kier molecular flexibility index (Phi) is 5.97. The molecule has 10 heteroatoms. The molecule has 142 valence electrons. The minimum atomic E-state index is -0.528. The second-order valence-electron chi connectivity index (χ2n) is 5.65. The van der Waals surface area contributed by atoms with E-state index in [0.29, 0.717) is 27.6 Å². The molecule has 3 N–H and O–H groups in total. The van der Waals surface area contributed by atoms with Crippen molar-refractivity contribution in [2.45, 2.75) is 18.6 Å². The van der Waals surface area contributed by atoms with Gasteiger partial charge in [0.1, 0.15) is 16.4 Å². The summed E-state index contributed by atoms with van der Waals surface area (Å²) in [7, 11) is 1.44. The number of aromatic nitrogens is 2. The van der Waals surface area contributed by atoms with Crippen LogP contribution in [-0.2, 0) is 4.79 Å². The van der Waals surface area contributed by atoms with Crippen LogP contribution in [0, 0.1) is 0 Å². The van der Waals surface area contributed by atoms with Gasteiger partial charge >= 0.3 is 6.03 Å². The molecule has 0 bridgehead atoms. The van der Waals surface area contributed by atoms with Crippen LogP contribution in [0.5, 0.6) is 0 Å². The van der Waals surface area contributed by atoms with Crippen molar-refractivity contribution in [3.05, 3.63) is 40.0 Å². The maximum atomic E-state index is 12.6. The van der Waals surface area contributed by atoms with Crippen LogP contribution in [0.25, 0.3) is 21.5 Å². The maximum absolute atomic E-state index is 12.6. The van der Waals surface area contributed by atoms with Gasteiger partial charge in [-0.15, -0.1) is 11.3 Å². The van der Waals surface area contributed by atoms with Crippen LogP contribution in [0.15, 0.2) is 33.0 Å². The van der Waals surface area contributed by atoms with Gasteiger partial charge in [0, 0.05) is 30.2 Å². The molecule has 0 aliphatic heterocycles. The van der Waals surface area contributed by atoms with Gasteiger partial charge in [-0.25, -0.2) is 9.78 Å². The average Bonchev–Trinajstić information content (AvgIpc) is 3.30. The smallest absolute Gasteiger partial charge is 0.321 e. The molecule has 0 spiro atoms. The standard InChI is InChI=1S/C17H18N4O4S2/c1-9(26-7-5-12(22)19-17(24)18-2)14-20-15(23)13-10(8-27-16(13)21-14)11-4-3-6-25-11/h3-4,6,8-9H,5,7H2,1-2H3,(H,20,21,23)(H2,18,19,22,24).